The average Bonchev–Trinajstić information content (AvgIpc) is 3.10. The number of piperidine rings is 1. The molecule has 0 aliphatic carbocycles. The zero-order chi connectivity index (χ0) is 37.4. The van der Waals surface area contributed by atoms with Gasteiger partial charge < -0.3 is 44.3 Å². The molecule has 290 valence electrons. The Labute approximate surface area is 300 Å². The lowest BCUT2D eigenvalue weighted by atomic mass is 9.80. The van der Waals surface area contributed by atoms with Crippen molar-refractivity contribution >= 4 is 18.2 Å². The molecule has 1 amide bonds. The van der Waals surface area contributed by atoms with Crippen molar-refractivity contribution in [2.45, 2.75) is 159 Å². The number of hydrogen-bond donors (Lipinski definition) is 3. The second-order valence-electron chi connectivity index (χ2n) is 15.7. The number of ether oxygens (including phenoxy) is 5. The first-order valence-corrected chi connectivity index (χ1v) is 18.7. The predicted octanol–water partition coefficient (Wildman–Crippen LogP) is 2.51. The predicted molar refractivity (Wildman–Crippen MR) is 191 cm³/mol. The van der Waals surface area contributed by atoms with Crippen molar-refractivity contribution in [2.75, 3.05) is 47.9 Å². The number of cyclic esters (lactones) is 1. The molecule has 3 rings (SSSR count). The zero-order valence-electron chi connectivity index (χ0n) is 32.6. The Bertz CT molecular complexity index is 1090. The number of nitrogens with one attached hydrogen (secondary N) is 2. The Hall–Kier alpha value is -1.71. The molecule has 3 aliphatic heterocycles. The Morgan fingerprint density at radius 1 is 1.12 bits per heavy atom. The maximum Gasteiger partial charge on any atom is 0.313 e. The van der Waals surface area contributed by atoms with Crippen LogP contribution in [0.25, 0.3) is 0 Å². The summed E-state index contributed by atoms with van der Waals surface area (Å²) in [7, 11) is 7.02. The van der Waals surface area contributed by atoms with Gasteiger partial charge in [0.2, 0.25) is 6.41 Å². The molecule has 13 nitrogen and oxygen atoms in total. The minimum Gasteiger partial charge on any atom is -0.459 e. The number of carbonyl (C=O) groups is 3. The molecular formula is C37H68N4O9. The molecule has 13 heteroatoms. The minimum absolute atomic E-state index is 0.0186. The summed E-state index contributed by atoms with van der Waals surface area (Å²) in [6, 6.07) is -0.961. The van der Waals surface area contributed by atoms with Gasteiger partial charge in [-0.2, -0.15) is 0 Å². The molecular weight excluding hydrogens is 644 g/mol. The lowest BCUT2D eigenvalue weighted by molar-refractivity contribution is -0.303. The van der Waals surface area contributed by atoms with Crippen LogP contribution in [0.5, 0.6) is 0 Å². The molecule has 3 heterocycles. The van der Waals surface area contributed by atoms with Crippen molar-refractivity contribution < 1.29 is 43.2 Å². The van der Waals surface area contributed by atoms with Crippen molar-refractivity contribution in [3.8, 4) is 0 Å². The van der Waals surface area contributed by atoms with Gasteiger partial charge in [-0.05, 0) is 99.4 Å². The fraction of sp³-hybridized carbons (Fsp3) is 0.919. The molecule has 0 aromatic rings. The number of aliphatic hydroxyl groups is 1. The monoisotopic (exact) mass is 712 g/mol. The van der Waals surface area contributed by atoms with Crippen LogP contribution in [0, 0.1) is 11.8 Å². The van der Waals surface area contributed by atoms with Crippen LogP contribution in [0.4, 0.5) is 0 Å². The van der Waals surface area contributed by atoms with E-state index in [1.165, 1.54) is 13.5 Å². The van der Waals surface area contributed by atoms with Gasteiger partial charge >= 0.3 is 5.97 Å². The van der Waals surface area contributed by atoms with Gasteiger partial charge in [0.25, 0.3) is 0 Å². The van der Waals surface area contributed by atoms with E-state index in [1.807, 2.05) is 46.7 Å². The van der Waals surface area contributed by atoms with E-state index in [4.69, 9.17) is 23.7 Å². The molecule has 3 N–H and O–H groups in total. The largest absolute Gasteiger partial charge is 0.459 e. The molecule has 0 aromatic carbocycles. The van der Waals surface area contributed by atoms with Crippen LogP contribution >= 0.6 is 0 Å². The van der Waals surface area contributed by atoms with Gasteiger partial charge in [0.15, 0.2) is 6.29 Å². The molecule has 0 bridgehead atoms. The number of Topliss-reactive ketones (excluding diaryl/α,β-unsaturated/α-hetero) is 1. The summed E-state index contributed by atoms with van der Waals surface area (Å²) < 4.78 is 31.6. The Morgan fingerprint density at radius 3 is 2.34 bits per heavy atom. The van der Waals surface area contributed by atoms with Crippen LogP contribution in [0.15, 0.2) is 0 Å². The third kappa shape index (κ3) is 10.0. The molecule has 1 unspecified atom stereocenters. The van der Waals surface area contributed by atoms with Crippen LogP contribution in [-0.4, -0.2) is 147 Å². The maximum atomic E-state index is 14.0. The maximum absolute atomic E-state index is 14.0. The van der Waals surface area contributed by atoms with E-state index in [2.05, 4.69) is 29.4 Å². The highest BCUT2D eigenvalue weighted by atomic mass is 16.7. The number of nitrogens with zero attached hydrogens (tertiary/aromatic N) is 2. The van der Waals surface area contributed by atoms with Gasteiger partial charge in [0, 0.05) is 38.3 Å². The highest BCUT2D eigenvalue weighted by Gasteiger charge is 2.50. The summed E-state index contributed by atoms with van der Waals surface area (Å²) >= 11 is 0. The van der Waals surface area contributed by atoms with E-state index in [0.29, 0.717) is 32.2 Å². The number of likely N-dealkylation sites (tertiary alicyclic amines) is 1. The molecule has 0 spiro atoms. The fourth-order valence-corrected chi connectivity index (χ4v) is 8.50. The molecule has 3 aliphatic rings. The van der Waals surface area contributed by atoms with Crippen LogP contribution in [0.2, 0.25) is 0 Å². The Balaban J connectivity index is 2.01. The number of likely N-dealkylation sites (N-methyl/N-ethyl adjacent to an activating group) is 1. The molecule has 0 aromatic heterocycles. The number of aliphatic hydroxyl groups excluding tert-OH is 1. The fourth-order valence-electron chi connectivity index (χ4n) is 8.50. The molecule has 13 atom stereocenters. The standard InChI is InChI=1S/C37H68N4O9/c1-12-30-37(7,47-11)33(39-22-42)25(4)38-21-23(2)20-36(6,46-10)34(24(3)28(43)19-31(44)49-30)50-35-32(45)27(40(8)9)18-29(48-35)26(5)41-16-14-13-15-17-41/h22-27,29-30,32-35,38,45H,12-21H2,1-11H3,(H,39,42)/t23-,24+,25-,26-,27?,29+,30-,32-,33-,34-,35+,36-,37-/m1/s1. The van der Waals surface area contributed by atoms with Crippen molar-refractivity contribution in [3.63, 3.8) is 0 Å². The topological polar surface area (TPSA) is 148 Å². The van der Waals surface area contributed by atoms with Gasteiger partial charge in [0.05, 0.1) is 23.9 Å². The van der Waals surface area contributed by atoms with E-state index >= 15 is 0 Å². The van der Waals surface area contributed by atoms with Crippen LogP contribution in [0.3, 0.4) is 0 Å². The minimum atomic E-state index is -1.10. The third-order valence-electron chi connectivity index (χ3n) is 11.9. The lowest BCUT2D eigenvalue weighted by Gasteiger charge is -2.49. The zero-order valence-corrected chi connectivity index (χ0v) is 32.6. The van der Waals surface area contributed by atoms with Gasteiger partial charge in [-0.1, -0.05) is 27.2 Å². The van der Waals surface area contributed by atoms with Crippen molar-refractivity contribution in [1.29, 1.82) is 0 Å². The number of carbonyl (C=O) groups excluding carboxylic acids is 3. The summed E-state index contributed by atoms with van der Waals surface area (Å²) in [5.74, 6) is -1.87. The van der Waals surface area contributed by atoms with Gasteiger partial charge in [-0.15, -0.1) is 0 Å². The normalized spacial score (nSPS) is 41.1. The Morgan fingerprint density at radius 2 is 1.78 bits per heavy atom. The van der Waals surface area contributed by atoms with Crippen LogP contribution in [0.1, 0.15) is 93.4 Å². The summed E-state index contributed by atoms with van der Waals surface area (Å²) in [5, 5.41) is 18.2. The second-order valence-corrected chi connectivity index (χ2v) is 15.7. The molecule has 3 saturated heterocycles. The number of amides is 1. The highest BCUT2D eigenvalue weighted by molar-refractivity contribution is 5.97. The van der Waals surface area contributed by atoms with Crippen molar-refractivity contribution in [1.82, 2.24) is 20.4 Å². The first-order chi connectivity index (χ1) is 23.6. The molecule has 0 radical (unpaired) electrons. The molecule has 0 saturated carbocycles. The first-order valence-electron chi connectivity index (χ1n) is 18.7. The van der Waals surface area contributed by atoms with Gasteiger partial charge in [-0.25, -0.2) is 0 Å². The van der Waals surface area contributed by atoms with E-state index in [0.717, 1.165) is 25.9 Å². The number of methoxy groups -OCH3 is 2. The number of ketones is 1. The third-order valence-corrected chi connectivity index (χ3v) is 11.9. The SMILES string of the molecule is CC[C@H]1OC(=O)CC(=O)[C@H](C)[C@@H](O[C@@H]2O[C@H]([C@@H](C)N3CCCCC3)CC(N(C)C)[C@H]2O)[C@](C)(OC)C[C@@H](C)CN[C@H](C)[C@@H](NC=O)[C@]1(C)OC. The number of esters is 1. The first kappa shape index (κ1) is 42.7. The number of hydrogen-bond acceptors (Lipinski definition) is 12. The second kappa shape index (κ2) is 18.9. The average molecular weight is 713 g/mol. The quantitative estimate of drug-likeness (QED) is 0.174. The van der Waals surface area contributed by atoms with Crippen LogP contribution in [-0.2, 0) is 38.1 Å². The van der Waals surface area contributed by atoms with Gasteiger partial charge in [0.1, 0.15) is 30.0 Å². The highest BCUT2D eigenvalue weighted by Crippen LogP contribution is 2.37. The summed E-state index contributed by atoms with van der Waals surface area (Å²) in [6.45, 7) is 16.1. The van der Waals surface area contributed by atoms with Crippen molar-refractivity contribution in [2.24, 2.45) is 11.8 Å². The number of rotatable bonds is 10. The van der Waals surface area contributed by atoms with E-state index in [9.17, 15) is 19.5 Å². The van der Waals surface area contributed by atoms with Crippen molar-refractivity contribution in [3.05, 3.63) is 0 Å². The van der Waals surface area contributed by atoms with E-state index in [-0.39, 0.29) is 35.9 Å². The van der Waals surface area contributed by atoms with Crippen LogP contribution < -0.4 is 10.6 Å². The summed E-state index contributed by atoms with van der Waals surface area (Å²) in [4.78, 5) is 43.7. The van der Waals surface area contributed by atoms with Gasteiger partial charge in [-0.3, -0.25) is 19.3 Å². The lowest BCUT2D eigenvalue weighted by Crippen LogP contribution is -2.64. The van der Waals surface area contributed by atoms with E-state index < -0.39 is 60.2 Å². The Kier molecular flexibility index (Phi) is 16.1. The summed E-state index contributed by atoms with van der Waals surface area (Å²) in [5.41, 5.74) is -2.11. The van der Waals surface area contributed by atoms with E-state index in [1.54, 1.807) is 14.0 Å². The molecule has 3 fully saturated rings. The summed E-state index contributed by atoms with van der Waals surface area (Å²) in [6.07, 6.45) is 1.32. The smallest absolute Gasteiger partial charge is 0.313 e. The molecule has 50 heavy (non-hydrogen) atoms.